The van der Waals surface area contributed by atoms with Gasteiger partial charge in [-0.25, -0.2) is 4.79 Å². The van der Waals surface area contributed by atoms with Crippen LogP contribution in [0.3, 0.4) is 0 Å². The van der Waals surface area contributed by atoms with Crippen molar-refractivity contribution in [2.75, 3.05) is 7.05 Å². The monoisotopic (exact) mass is 383 g/mol. The number of halogens is 1. The van der Waals surface area contributed by atoms with Gasteiger partial charge < -0.3 is 15.4 Å². The van der Waals surface area contributed by atoms with E-state index in [1.54, 1.807) is 46.9 Å². The van der Waals surface area contributed by atoms with Gasteiger partial charge in [0.2, 0.25) is 0 Å². The van der Waals surface area contributed by atoms with Gasteiger partial charge in [-0.3, -0.25) is 4.99 Å². The van der Waals surface area contributed by atoms with E-state index in [1.165, 1.54) is 0 Å². The molecular weight excluding hydrogens is 358 g/mol. The zero-order chi connectivity index (χ0) is 18.2. The molecule has 0 rings (SSSR count). The summed E-state index contributed by atoms with van der Waals surface area (Å²) in [5.41, 5.74) is 0.700. The molecule has 0 aliphatic rings. The fraction of sp³-hybridized carbons (Fsp3) is 0.412. The van der Waals surface area contributed by atoms with E-state index < -0.39 is 11.7 Å². The van der Waals surface area contributed by atoms with Crippen molar-refractivity contribution in [1.82, 2.24) is 10.6 Å². The van der Waals surface area contributed by atoms with Crippen LogP contribution in [0.2, 0.25) is 0 Å². The van der Waals surface area contributed by atoms with Crippen molar-refractivity contribution < 1.29 is 9.53 Å². The van der Waals surface area contributed by atoms with E-state index in [4.69, 9.17) is 4.74 Å². The molecule has 6 heteroatoms. The minimum Gasteiger partial charge on any atom is -0.444 e. The van der Waals surface area contributed by atoms with Crippen molar-refractivity contribution in [3.05, 3.63) is 47.6 Å². The number of nitrogens with zero attached hydrogens (tertiary/aromatic N) is 1. The molecule has 2 N–H and O–H groups in total. The third-order valence-corrected chi connectivity index (χ3v) is 2.78. The fourth-order valence-electron chi connectivity index (χ4n) is 1.44. The van der Waals surface area contributed by atoms with Gasteiger partial charge >= 0.3 is 6.09 Å². The second-order valence-corrected chi connectivity index (χ2v) is 6.90. The van der Waals surface area contributed by atoms with Crippen LogP contribution in [0.25, 0.3) is 0 Å². The highest BCUT2D eigenvalue weighted by Crippen LogP contribution is 2.10. The van der Waals surface area contributed by atoms with Crippen molar-refractivity contribution >= 4 is 27.9 Å². The van der Waals surface area contributed by atoms with Crippen LogP contribution >= 0.6 is 15.9 Å². The Balaban J connectivity index is 4.72. The van der Waals surface area contributed by atoms with Crippen molar-refractivity contribution in [3.8, 4) is 0 Å². The Morgan fingerprint density at radius 1 is 1.26 bits per heavy atom. The highest BCUT2D eigenvalue weighted by atomic mass is 79.9. The molecule has 0 saturated carbocycles. The standard InChI is InChI=1S/C17H26BrN3O2/c1-11(9-10-12(2)18)13(3)20-15(19-8)14(4)21-16(22)23-17(5,6)7/h9-10,14H,1-3H2,4-8H3,(H,19,20)(H,21,22)/b10-9-. The van der Waals surface area contributed by atoms with Gasteiger partial charge in [0.15, 0.2) is 0 Å². The maximum absolute atomic E-state index is 11.8. The molecular formula is C17H26BrN3O2. The van der Waals surface area contributed by atoms with Crippen LogP contribution in [-0.2, 0) is 4.74 Å². The molecule has 1 amide bonds. The lowest BCUT2D eigenvalue weighted by Gasteiger charge is -2.23. The Hall–Kier alpha value is -1.82. The molecule has 1 atom stereocenters. The number of aliphatic imine (C=N–C) groups is 1. The normalized spacial score (nSPS) is 13.4. The first-order valence-corrected chi connectivity index (χ1v) is 7.89. The smallest absolute Gasteiger partial charge is 0.408 e. The SMILES string of the molecule is C=C(Br)/C=C\C(=C)C(=C)NC(=NC)C(C)NC(=O)OC(C)(C)C. The highest BCUT2D eigenvalue weighted by molar-refractivity contribution is 9.11. The number of carbonyl (C=O) groups excluding carboxylic acids is 1. The number of hydrogen-bond acceptors (Lipinski definition) is 3. The van der Waals surface area contributed by atoms with E-state index in [2.05, 4.69) is 51.3 Å². The van der Waals surface area contributed by atoms with Crippen molar-refractivity contribution in [3.63, 3.8) is 0 Å². The lowest BCUT2D eigenvalue weighted by Crippen LogP contribution is -2.46. The molecule has 0 aromatic rings. The molecule has 0 radical (unpaired) electrons. The van der Waals surface area contributed by atoms with E-state index in [1.807, 2.05) is 0 Å². The van der Waals surface area contributed by atoms with Crippen LogP contribution < -0.4 is 10.6 Å². The molecule has 0 spiro atoms. The summed E-state index contributed by atoms with van der Waals surface area (Å²) in [5, 5.41) is 5.76. The van der Waals surface area contributed by atoms with E-state index in [9.17, 15) is 4.79 Å². The van der Waals surface area contributed by atoms with Crippen LogP contribution in [-0.4, -0.2) is 30.6 Å². The predicted molar refractivity (Wildman–Crippen MR) is 101 cm³/mol. The first-order valence-electron chi connectivity index (χ1n) is 7.10. The zero-order valence-corrected chi connectivity index (χ0v) is 16.1. The molecule has 0 saturated heterocycles. The van der Waals surface area contributed by atoms with Gasteiger partial charge in [-0.05, 0) is 39.3 Å². The number of amides is 1. The molecule has 0 aromatic carbocycles. The molecule has 1 unspecified atom stereocenters. The van der Waals surface area contributed by atoms with Gasteiger partial charge in [-0.2, -0.15) is 0 Å². The Bertz CT molecular complexity index is 543. The fourth-order valence-corrected chi connectivity index (χ4v) is 1.57. The van der Waals surface area contributed by atoms with Gasteiger partial charge in [-0.15, -0.1) is 0 Å². The number of nitrogens with one attached hydrogen (secondary N) is 2. The number of amidine groups is 1. The van der Waals surface area contributed by atoms with Crippen LogP contribution in [0.15, 0.2) is 52.6 Å². The number of allylic oxidation sites excluding steroid dienone is 3. The van der Waals surface area contributed by atoms with Gasteiger partial charge in [-0.1, -0.05) is 41.7 Å². The van der Waals surface area contributed by atoms with Crippen LogP contribution in [0.4, 0.5) is 4.79 Å². The summed E-state index contributed by atoms with van der Waals surface area (Å²) in [6.45, 7) is 18.7. The molecule has 0 fully saturated rings. The van der Waals surface area contributed by atoms with Crippen molar-refractivity contribution in [2.45, 2.75) is 39.3 Å². The van der Waals surface area contributed by atoms with E-state index in [0.717, 1.165) is 4.48 Å². The Morgan fingerprint density at radius 2 is 1.83 bits per heavy atom. The summed E-state index contributed by atoms with van der Waals surface area (Å²) in [6, 6.07) is -0.366. The minimum absolute atomic E-state index is 0.366. The van der Waals surface area contributed by atoms with E-state index >= 15 is 0 Å². The number of hydrogen-bond donors (Lipinski definition) is 2. The van der Waals surface area contributed by atoms with E-state index in [-0.39, 0.29) is 6.04 Å². The van der Waals surface area contributed by atoms with Gasteiger partial charge in [0.1, 0.15) is 11.4 Å². The molecule has 0 aliphatic heterocycles. The minimum atomic E-state index is -0.554. The summed E-state index contributed by atoms with van der Waals surface area (Å²) < 4.78 is 5.95. The first-order chi connectivity index (χ1) is 10.5. The number of carbonyl (C=O) groups is 1. The second-order valence-electron chi connectivity index (χ2n) is 5.89. The molecule has 0 bridgehead atoms. The third-order valence-electron chi connectivity index (χ3n) is 2.52. The van der Waals surface area contributed by atoms with Crippen molar-refractivity contribution in [2.24, 2.45) is 4.99 Å². The van der Waals surface area contributed by atoms with Gasteiger partial charge in [0, 0.05) is 17.2 Å². The van der Waals surface area contributed by atoms with Gasteiger partial charge in [0.25, 0.3) is 0 Å². The summed E-state index contributed by atoms with van der Waals surface area (Å²) in [4.78, 5) is 15.9. The number of alkyl carbamates (subject to hydrolysis) is 1. The average Bonchev–Trinajstić information content (AvgIpc) is 2.39. The van der Waals surface area contributed by atoms with Crippen LogP contribution in [0.5, 0.6) is 0 Å². The molecule has 0 heterocycles. The quantitative estimate of drug-likeness (QED) is 0.413. The molecule has 23 heavy (non-hydrogen) atoms. The molecule has 0 aromatic heterocycles. The topological polar surface area (TPSA) is 62.7 Å². The molecule has 5 nitrogen and oxygen atoms in total. The van der Waals surface area contributed by atoms with E-state index in [0.29, 0.717) is 17.1 Å². The largest absolute Gasteiger partial charge is 0.444 e. The number of rotatable bonds is 6. The maximum Gasteiger partial charge on any atom is 0.408 e. The first kappa shape index (κ1) is 21.2. The second kappa shape index (κ2) is 9.35. The molecule has 128 valence electrons. The lowest BCUT2D eigenvalue weighted by atomic mass is 10.2. The lowest BCUT2D eigenvalue weighted by molar-refractivity contribution is 0.0520. The Labute approximate surface area is 147 Å². The summed E-state index contributed by atoms with van der Waals surface area (Å²) >= 11 is 3.23. The summed E-state index contributed by atoms with van der Waals surface area (Å²) in [5.74, 6) is 0.549. The Kier molecular flexibility index (Phi) is 8.61. The number of ether oxygens (including phenoxy) is 1. The van der Waals surface area contributed by atoms with Crippen molar-refractivity contribution in [1.29, 1.82) is 0 Å². The summed E-state index contributed by atoms with van der Waals surface area (Å²) in [7, 11) is 1.63. The predicted octanol–water partition coefficient (Wildman–Crippen LogP) is 4.05. The third kappa shape index (κ3) is 9.73. The Morgan fingerprint density at radius 3 is 2.26 bits per heavy atom. The van der Waals surface area contributed by atoms with Gasteiger partial charge in [0.05, 0.1) is 6.04 Å². The van der Waals surface area contributed by atoms with Crippen LogP contribution in [0.1, 0.15) is 27.7 Å². The highest BCUT2D eigenvalue weighted by Gasteiger charge is 2.20. The maximum atomic E-state index is 11.8. The van der Waals surface area contributed by atoms with Crippen LogP contribution in [0, 0.1) is 0 Å². The zero-order valence-electron chi connectivity index (χ0n) is 14.5. The average molecular weight is 384 g/mol. The molecule has 0 aliphatic carbocycles. The summed E-state index contributed by atoms with van der Waals surface area (Å²) in [6.07, 6.45) is 3.03.